The van der Waals surface area contributed by atoms with Gasteiger partial charge in [-0.1, -0.05) is 40.5 Å². The van der Waals surface area contributed by atoms with Crippen LogP contribution in [0.4, 0.5) is 0 Å². The molecule has 0 aromatic carbocycles. The molecule has 1 nitrogen and oxygen atoms in total. The van der Waals surface area contributed by atoms with Crippen molar-refractivity contribution in [2.24, 2.45) is 5.92 Å². The van der Waals surface area contributed by atoms with Crippen molar-refractivity contribution < 1.29 is 5.11 Å². The van der Waals surface area contributed by atoms with E-state index in [1.54, 1.807) is 0 Å². The Labute approximate surface area is 78.2 Å². The van der Waals surface area contributed by atoms with Gasteiger partial charge >= 0.3 is 0 Å². The molecule has 0 aliphatic heterocycles. The maximum atomic E-state index is 9.33. The van der Waals surface area contributed by atoms with Crippen LogP contribution in [0.5, 0.6) is 0 Å². The van der Waals surface area contributed by atoms with E-state index >= 15 is 0 Å². The second-order valence-electron chi connectivity index (χ2n) is 4.10. The third-order valence-corrected chi connectivity index (χ3v) is 1.57. The number of rotatable bonds is 4. The number of hydrogen-bond donors (Lipinski definition) is 1. The first-order valence-electron chi connectivity index (χ1n) is 5.14. The van der Waals surface area contributed by atoms with Crippen molar-refractivity contribution >= 4 is 0 Å². The lowest BCUT2D eigenvalue weighted by Crippen LogP contribution is -2.18. The van der Waals surface area contributed by atoms with Gasteiger partial charge in [-0.25, -0.2) is 0 Å². The van der Waals surface area contributed by atoms with Crippen molar-refractivity contribution in [3.63, 3.8) is 0 Å². The molecule has 0 rings (SSSR count). The van der Waals surface area contributed by atoms with E-state index in [4.69, 9.17) is 0 Å². The molecule has 76 valence electrons. The van der Waals surface area contributed by atoms with Crippen molar-refractivity contribution in [3.05, 3.63) is 0 Å². The summed E-state index contributed by atoms with van der Waals surface area (Å²) in [4.78, 5) is 0. The van der Waals surface area contributed by atoms with Gasteiger partial charge in [0.05, 0.1) is 5.60 Å². The predicted octanol–water partition coefficient (Wildman–Crippen LogP) is 3.61. The highest BCUT2D eigenvalue weighted by molar-refractivity contribution is 4.64. The van der Waals surface area contributed by atoms with Crippen LogP contribution in [-0.4, -0.2) is 10.7 Å². The van der Waals surface area contributed by atoms with Crippen molar-refractivity contribution in [2.75, 3.05) is 0 Å². The molecular formula is C11H26O. The third kappa shape index (κ3) is 16.5. The zero-order valence-electron chi connectivity index (χ0n) is 9.65. The molecular weight excluding hydrogens is 148 g/mol. The van der Waals surface area contributed by atoms with Gasteiger partial charge in [-0.15, -0.1) is 0 Å². The van der Waals surface area contributed by atoms with Gasteiger partial charge in [-0.05, 0) is 26.2 Å². The van der Waals surface area contributed by atoms with E-state index < -0.39 is 5.60 Å². The zero-order valence-corrected chi connectivity index (χ0v) is 9.65. The summed E-state index contributed by atoms with van der Waals surface area (Å²) >= 11 is 0. The van der Waals surface area contributed by atoms with Gasteiger partial charge in [0.15, 0.2) is 0 Å². The molecule has 0 atom stereocenters. The van der Waals surface area contributed by atoms with Crippen LogP contribution in [0.2, 0.25) is 0 Å². The first-order chi connectivity index (χ1) is 5.42. The minimum Gasteiger partial charge on any atom is -0.390 e. The Balaban J connectivity index is 0. The van der Waals surface area contributed by atoms with Crippen LogP contribution in [0, 0.1) is 5.92 Å². The van der Waals surface area contributed by atoms with E-state index in [-0.39, 0.29) is 0 Å². The lowest BCUT2D eigenvalue weighted by Gasteiger charge is -2.16. The highest BCUT2D eigenvalue weighted by Crippen LogP contribution is 2.14. The Bertz CT molecular complexity index is 79.5. The SMILES string of the molecule is CC.CC(C)CCCC(C)(C)O. The largest absolute Gasteiger partial charge is 0.390 e. The van der Waals surface area contributed by atoms with Crippen LogP contribution in [-0.2, 0) is 0 Å². The summed E-state index contributed by atoms with van der Waals surface area (Å²) in [6, 6.07) is 0. The summed E-state index contributed by atoms with van der Waals surface area (Å²) in [5, 5.41) is 9.33. The van der Waals surface area contributed by atoms with Crippen LogP contribution in [0.25, 0.3) is 0 Å². The Kier molecular flexibility index (Phi) is 9.17. The van der Waals surface area contributed by atoms with Crippen LogP contribution in [0.15, 0.2) is 0 Å². The van der Waals surface area contributed by atoms with Crippen LogP contribution < -0.4 is 0 Å². The first-order valence-corrected chi connectivity index (χ1v) is 5.14. The number of hydrogen-bond acceptors (Lipinski definition) is 1. The van der Waals surface area contributed by atoms with Crippen molar-refractivity contribution in [1.82, 2.24) is 0 Å². The minimum absolute atomic E-state index is 0.463. The molecule has 0 saturated carbocycles. The van der Waals surface area contributed by atoms with Crippen molar-refractivity contribution in [1.29, 1.82) is 0 Å². The Morgan fingerprint density at radius 1 is 1.17 bits per heavy atom. The van der Waals surface area contributed by atoms with E-state index in [2.05, 4.69) is 13.8 Å². The van der Waals surface area contributed by atoms with Gasteiger partial charge in [-0.3, -0.25) is 0 Å². The average molecular weight is 174 g/mol. The maximum Gasteiger partial charge on any atom is 0.0591 e. The Morgan fingerprint density at radius 2 is 1.58 bits per heavy atom. The standard InChI is InChI=1S/C9H20O.C2H6/c1-8(2)6-5-7-9(3,4)10;1-2/h8,10H,5-7H2,1-4H3;1-2H3. The molecule has 1 heteroatoms. The van der Waals surface area contributed by atoms with E-state index in [1.165, 1.54) is 6.42 Å². The fourth-order valence-electron chi connectivity index (χ4n) is 0.943. The first kappa shape index (κ1) is 14.5. The van der Waals surface area contributed by atoms with Gasteiger partial charge in [0.1, 0.15) is 0 Å². The fraction of sp³-hybridized carbons (Fsp3) is 1.00. The molecule has 0 radical (unpaired) electrons. The van der Waals surface area contributed by atoms with Crippen LogP contribution in [0.1, 0.15) is 60.8 Å². The summed E-state index contributed by atoms with van der Waals surface area (Å²) < 4.78 is 0. The van der Waals surface area contributed by atoms with Gasteiger partial charge < -0.3 is 5.11 Å². The molecule has 0 aliphatic carbocycles. The Morgan fingerprint density at radius 3 is 1.83 bits per heavy atom. The summed E-state index contributed by atoms with van der Waals surface area (Å²) in [5.74, 6) is 0.766. The van der Waals surface area contributed by atoms with Gasteiger partial charge in [0.2, 0.25) is 0 Å². The normalized spacial score (nSPS) is 11.0. The fourth-order valence-corrected chi connectivity index (χ4v) is 0.943. The molecule has 0 spiro atoms. The van der Waals surface area contributed by atoms with E-state index in [0.29, 0.717) is 0 Å². The highest BCUT2D eigenvalue weighted by atomic mass is 16.3. The predicted molar refractivity (Wildman–Crippen MR) is 56.3 cm³/mol. The van der Waals surface area contributed by atoms with E-state index in [1.807, 2.05) is 27.7 Å². The molecule has 0 aliphatic rings. The second kappa shape index (κ2) is 7.60. The third-order valence-electron chi connectivity index (χ3n) is 1.57. The maximum absolute atomic E-state index is 9.33. The van der Waals surface area contributed by atoms with E-state index in [0.717, 1.165) is 18.8 Å². The second-order valence-corrected chi connectivity index (χ2v) is 4.10. The molecule has 0 bridgehead atoms. The lowest BCUT2D eigenvalue weighted by molar-refractivity contribution is 0.0672. The Hall–Kier alpha value is -0.0400. The molecule has 0 saturated heterocycles. The van der Waals surface area contributed by atoms with Gasteiger partial charge in [0.25, 0.3) is 0 Å². The van der Waals surface area contributed by atoms with Gasteiger partial charge in [-0.2, -0.15) is 0 Å². The molecule has 12 heavy (non-hydrogen) atoms. The van der Waals surface area contributed by atoms with Crippen molar-refractivity contribution in [2.45, 2.75) is 66.4 Å². The summed E-state index contributed by atoms with van der Waals surface area (Å²) in [6.45, 7) is 12.2. The summed E-state index contributed by atoms with van der Waals surface area (Å²) in [5.41, 5.74) is -0.463. The van der Waals surface area contributed by atoms with Crippen molar-refractivity contribution in [3.8, 4) is 0 Å². The topological polar surface area (TPSA) is 20.2 Å². The quantitative estimate of drug-likeness (QED) is 0.690. The summed E-state index contributed by atoms with van der Waals surface area (Å²) in [7, 11) is 0. The van der Waals surface area contributed by atoms with E-state index in [9.17, 15) is 5.11 Å². The smallest absolute Gasteiger partial charge is 0.0591 e. The molecule has 0 fully saturated rings. The van der Waals surface area contributed by atoms with Gasteiger partial charge in [0, 0.05) is 0 Å². The zero-order chi connectivity index (χ0) is 10.2. The lowest BCUT2D eigenvalue weighted by atomic mass is 9.98. The number of aliphatic hydroxyl groups is 1. The monoisotopic (exact) mass is 174 g/mol. The van der Waals surface area contributed by atoms with Crippen LogP contribution in [0.3, 0.4) is 0 Å². The molecule has 0 unspecified atom stereocenters. The molecule has 1 N–H and O–H groups in total. The highest BCUT2D eigenvalue weighted by Gasteiger charge is 2.11. The average Bonchev–Trinajstić information content (AvgIpc) is 1.88. The molecule has 0 heterocycles. The molecule has 0 aromatic rings. The minimum atomic E-state index is -0.463. The van der Waals surface area contributed by atoms with Crippen LogP contribution >= 0.6 is 0 Å². The molecule has 0 amide bonds. The summed E-state index contributed by atoms with van der Waals surface area (Å²) in [6.07, 6.45) is 3.29. The molecule has 0 aromatic heterocycles.